The number of carbonyl (C=O) groups is 1. The number of hydrogen-bond donors (Lipinski definition) is 1. The molecule has 1 atom stereocenters. The van der Waals surface area contributed by atoms with Crippen molar-refractivity contribution in [2.75, 3.05) is 43.0 Å². The van der Waals surface area contributed by atoms with Gasteiger partial charge in [-0.3, -0.25) is 9.69 Å². The van der Waals surface area contributed by atoms with Crippen LogP contribution in [0.3, 0.4) is 0 Å². The number of nitrogens with zero attached hydrogens (tertiary/aromatic N) is 2. The largest absolute Gasteiger partial charge is 0.492 e. The standard InChI is InChI=1S/C21H24Cl3N3O2/c1-3-29-19-7-5-4-6-18(19)27-10-8-26(9-11-27)14(2)21(28)25-20-16(23)12-15(22)13-17(20)24/h4-7,12-14H,3,8-11H2,1-2H3,(H,25,28)/t14-/m0/s1. The van der Waals surface area contributed by atoms with E-state index in [2.05, 4.69) is 21.2 Å². The van der Waals surface area contributed by atoms with Crippen LogP contribution in [0.15, 0.2) is 36.4 Å². The lowest BCUT2D eigenvalue weighted by atomic mass is 10.2. The maximum Gasteiger partial charge on any atom is 0.241 e. The first kappa shape index (κ1) is 22.0. The van der Waals surface area contributed by atoms with E-state index in [9.17, 15) is 4.79 Å². The van der Waals surface area contributed by atoms with E-state index in [1.54, 1.807) is 12.1 Å². The number of nitrogens with one attached hydrogen (secondary N) is 1. The van der Waals surface area contributed by atoms with Gasteiger partial charge in [0, 0.05) is 31.2 Å². The fourth-order valence-electron chi connectivity index (χ4n) is 3.40. The third-order valence-electron chi connectivity index (χ3n) is 5.00. The zero-order valence-corrected chi connectivity index (χ0v) is 18.7. The molecule has 0 aliphatic carbocycles. The number of hydrogen-bond acceptors (Lipinski definition) is 4. The molecule has 1 amide bonds. The summed E-state index contributed by atoms with van der Waals surface area (Å²) >= 11 is 18.3. The maximum absolute atomic E-state index is 12.8. The zero-order chi connectivity index (χ0) is 21.0. The van der Waals surface area contributed by atoms with Gasteiger partial charge in [-0.2, -0.15) is 0 Å². The number of para-hydroxylation sites is 2. The smallest absolute Gasteiger partial charge is 0.241 e. The molecule has 0 radical (unpaired) electrons. The van der Waals surface area contributed by atoms with Crippen LogP contribution in [0.4, 0.5) is 11.4 Å². The topological polar surface area (TPSA) is 44.8 Å². The SMILES string of the molecule is CCOc1ccccc1N1CCN([C@@H](C)C(=O)Nc2c(Cl)cc(Cl)cc2Cl)CC1. The van der Waals surface area contributed by atoms with Gasteiger partial charge in [0.05, 0.1) is 34.1 Å². The van der Waals surface area contributed by atoms with Crippen molar-refractivity contribution in [2.24, 2.45) is 0 Å². The molecule has 2 aromatic rings. The van der Waals surface area contributed by atoms with Gasteiger partial charge in [-0.05, 0) is 38.1 Å². The van der Waals surface area contributed by atoms with Gasteiger partial charge in [0.15, 0.2) is 0 Å². The highest BCUT2D eigenvalue weighted by atomic mass is 35.5. The molecule has 0 aromatic heterocycles. The van der Waals surface area contributed by atoms with Gasteiger partial charge < -0.3 is 15.0 Å². The lowest BCUT2D eigenvalue weighted by Crippen LogP contribution is -2.53. The number of piperazine rings is 1. The summed E-state index contributed by atoms with van der Waals surface area (Å²) in [6.07, 6.45) is 0. The molecule has 1 N–H and O–H groups in total. The van der Waals surface area contributed by atoms with E-state index in [-0.39, 0.29) is 11.9 Å². The van der Waals surface area contributed by atoms with E-state index in [1.807, 2.05) is 32.0 Å². The minimum Gasteiger partial charge on any atom is -0.492 e. The van der Waals surface area contributed by atoms with E-state index in [4.69, 9.17) is 39.5 Å². The van der Waals surface area contributed by atoms with Crippen LogP contribution in [0.2, 0.25) is 15.1 Å². The van der Waals surface area contributed by atoms with Crippen LogP contribution in [0, 0.1) is 0 Å². The summed E-state index contributed by atoms with van der Waals surface area (Å²) in [6, 6.07) is 10.8. The quantitative estimate of drug-likeness (QED) is 0.649. The Morgan fingerprint density at radius 1 is 1.10 bits per heavy atom. The Balaban J connectivity index is 1.62. The van der Waals surface area contributed by atoms with Gasteiger partial charge in [0.2, 0.25) is 5.91 Å². The first-order valence-corrected chi connectivity index (χ1v) is 10.7. The minimum absolute atomic E-state index is 0.153. The Labute approximate surface area is 186 Å². The second-order valence-corrected chi connectivity index (χ2v) is 8.08. The molecule has 0 spiro atoms. The van der Waals surface area contributed by atoms with Crippen molar-refractivity contribution in [3.63, 3.8) is 0 Å². The summed E-state index contributed by atoms with van der Waals surface area (Å²) in [5, 5.41) is 3.90. The Hall–Kier alpha value is -1.66. The maximum atomic E-state index is 12.8. The number of benzene rings is 2. The molecule has 156 valence electrons. The van der Waals surface area contributed by atoms with Crippen molar-refractivity contribution >= 4 is 52.1 Å². The average molecular weight is 457 g/mol. The van der Waals surface area contributed by atoms with Crippen molar-refractivity contribution in [1.82, 2.24) is 4.90 Å². The van der Waals surface area contributed by atoms with Gasteiger partial charge >= 0.3 is 0 Å². The van der Waals surface area contributed by atoms with E-state index in [1.165, 1.54) is 0 Å². The van der Waals surface area contributed by atoms with Crippen molar-refractivity contribution in [2.45, 2.75) is 19.9 Å². The number of amides is 1. The average Bonchev–Trinajstić information content (AvgIpc) is 2.71. The van der Waals surface area contributed by atoms with Gasteiger partial charge in [-0.25, -0.2) is 0 Å². The molecule has 1 saturated heterocycles. The molecule has 3 rings (SSSR count). The van der Waals surface area contributed by atoms with E-state index >= 15 is 0 Å². The second kappa shape index (κ2) is 9.90. The van der Waals surface area contributed by atoms with Crippen molar-refractivity contribution in [1.29, 1.82) is 0 Å². The summed E-state index contributed by atoms with van der Waals surface area (Å²) in [5.74, 6) is 0.737. The van der Waals surface area contributed by atoms with E-state index in [0.717, 1.165) is 37.6 Å². The number of anilines is 2. The van der Waals surface area contributed by atoms with Crippen LogP contribution in [0.1, 0.15) is 13.8 Å². The predicted molar refractivity (Wildman–Crippen MR) is 121 cm³/mol. The van der Waals surface area contributed by atoms with Crippen LogP contribution in [-0.2, 0) is 4.79 Å². The van der Waals surface area contributed by atoms with Crippen molar-refractivity contribution in [3.8, 4) is 5.75 Å². The molecule has 29 heavy (non-hydrogen) atoms. The lowest BCUT2D eigenvalue weighted by molar-refractivity contribution is -0.120. The molecule has 5 nitrogen and oxygen atoms in total. The molecule has 1 heterocycles. The van der Waals surface area contributed by atoms with Gasteiger partial charge in [0.1, 0.15) is 5.75 Å². The second-order valence-electron chi connectivity index (χ2n) is 6.83. The highest BCUT2D eigenvalue weighted by Crippen LogP contribution is 2.34. The first-order chi connectivity index (χ1) is 13.9. The van der Waals surface area contributed by atoms with Gasteiger partial charge in [0.25, 0.3) is 0 Å². The van der Waals surface area contributed by atoms with E-state index in [0.29, 0.717) is 27.4 Å². The molecule has 0 saturated carbocycles. The summed E-state index contributed by atoms with van der Waals surface area (Å²) in [6.45, 7) is 7.64. The Kier molecular flexibility index (Phi) is 7.52. The number of carbonyl (C=O) groups excluding carboxylic acids is 1. The molecule has 1 fully saturated rings. The molecule has 2 aromatic carbocycles. The number of halogens is 3. The van der Waals surface area contributed by atoms with Gasteiger partial charge in [-0.1, -0.05) is 46.9 Å². The van der Waals surface area contributed by atoms with Crippen LogP contribution < -0.4 is 15.0 Å². The minimum atomic E-state index is -0.318. The summed E-state index contributed by atoms with van der Waals surface area (Å²) < 4.78 is 5.75. The molecular weight excluding hydrogens is 433 g/mol. The highest BCUT2D eigenvalue weighted by Gasteiger charge is 2.27. The third-order valence-corrected chi connectivity index (χ3v) is 5.82. The number of ether oxygens (including phenoxy) is 1. The fourth-order valence-corrected chi connectivity index (χ4v) is 4.31. The molecule has 8 heteroatoms. The van der Waals surface area contributed by atoms with Crippen LogP contribution in [0.5, 0.6) is 5.75 Å². The predicted octanol–water partition coefficient (Wildman–Crippen LogP) is 5.19. The third kappa shape index (κ3) is 5.28. The van der Waals surface area contributed by atoms with E-state index < -0.39 is 0 Å². The first-order valence-electron chi connectivity index (χ1n) is 9.57. The Morgan fingerprint density at radius 3 is 2.34 bits per heavy atom. The molecule has 0 unspecified atom stereocenters. The van der Waals surface area contributed by atoms with Crippen molar-refractivity contribution < 1.29 is 9.53 Å². The zero-order valence-electron chi connectivity index (χ0n) is 16.4. The highest BCUT2D eigenvalue weighted by molar-refractivity contribution is 6.42. The summed E-state index contributed by atoms with van der Waals surface area (Å²) in [5.41, 5.74) is 1.48. The van der Waals surface area contributed by atoms with Crippen molar-refractivity contribution in [3.05, 3.63) is 51.5 Å². The number of rotatable bonds is 6. The molecular formula is C21H24Cl3N3O2. The normalized spacial score (nSPS) is 15.8. The molecule has 1 aliphatic rings. The van der Waals surface area contributed by atoms with Crippen LogP contribution >= 0.6 is 34.8 Å². The fraction of sp³-hybridized carbons (Fsp3) is 0.381. The molecule has 0 bridgehead atoms. The Bertz CT molecular complexity index is 847. The summed E-state index contributed by atoms with van der Waals surface area (Å²) in [4.78, 5) is 17.2. The Morgan fingerprint density at radius 2 is 1.72 bits per heavy atom. The van der Waals surface area contributed by atoms with Crippen LogP contribution in [-0.4, -0.2) is 49.6 Å². The van der Waals surface area contributed by atoms with Crippen LogP contribution in [0.25, 0.3) is 0 Å². The van der Waals surface area contributed by atoms with Gasteiger partial charge in [-0.15, -0.1) is 0 Å². The monoisotopic (exact) mass is 455 g/mol. The summed E-state index contributed by atoms with van der Waals surface area (Å²) in [7, 11) is 0. The lowest BCUT2D eigenvalue weighted by Gasteiger charge is -2.39. The molecule has 1 aliphatic heterocycles.